The van der Waals surface area contributed by atoms with Crippen LogP contribution in [0, 0.1) is 5.82 Å². The second-order valence-electron chi connectivity index (χ2n) is 6.61. The highest BCUT2D eigenvalue weighted by atomic mass is 19.1. The highest BCUT2D eigenvalue weighted by Crippen LogP contribution is 2.17. The molecule has 0 saturated carbocycles. The van der Waals surface area contributed by atoms with Crippen LogP contribution in [0.2, 0.25) is 0 Å². The Morgan fingerprint density at radius 2 is 1.92 bits per heavy atom. The van der Waals surface area contributed by atoms with E-state index in [1.807, 2.05) is 6.92 Å². The number of amides is 3. The molecule has 6 nitrogen and oxygen atoms in total. The lowest BCUT2D eigenvalue weighted by atomic mass is 10.0. The topological polar surface area (TPSA) is 61.9 Å². The van der Waals surface area contributed by atoms with Crippen LogP contribution in [0.1, 0.15) is 30.1 Å². The minimum Gasteiger partial charge on any atom is -0.377 e. The van der Waals surface area contributed by atoms with E-state index >= 15 is 0 Å². The number of nitrogens with zero attached hydrogens (tertiary/aromatic N) is 2. The van der Waals surface area contributed by atoms with Gasteiger partial charge in [-0.1, -0.05) is 12.1 Å². The van der Waals surface area contributed by atoms with Crippen LogP contribution < -0.4 is 5.32 Å². The number of benzene rings is 1. The number of morpholine rings is 1. The van der Waals surface area contributed by atoms with E-state index in [0.717, 1.165) is 0 Å². The van der Waals surface area contributed by atoms with E-state index < -0.39 is 5.82 Å². The van der Waals surface area contributed by atoms with Crippen LogP contribution in [0.5, 0.6) is 0 Å². The summed E-state index contributed by atoms with van der Waals surface area (Å²) in [6.45, 7) is 4.70. The van der Waals surface area contributed by atoms with E-state index in [1.165, 1.54) is 12.1 Å². The minimum atomic E-state index is -0.496. The van der Waals surface area contributed by atoms with Crippen molar-refractivity contribution >= 4 is 11.9 Å². The van der Waals surface area contributed by atoms with Crippen LogP contribution in [-0.2, 0) is 4.74 Å². The van der Waals surface area contributed by atoms with Crippen LogP contribution in [0.15, 0.2) is 24.3 Å². The van der Waals surface area contributed by atoms with Gasteiger partial charge in [-0.05, 0) is 31.9 Å². The maximum atomic E-state index is 13.8. The molecule has 2 aliphatic heterocycles. The average Bonchev–Trinajstić information content (AvgIpc) is 2.62. The summed E-state index contributed by atoms with van der Waals surface area (Å²) in [6, 6.07) is 6.06. The van der Waals surface area contributed by atoms with Crippen LogP contribution in [-0.4, -0.2) is 66.7 Å². The summed E-state index contributed by atoms with van der Waals surface area (Å²) >= 11 is 0. The summed E-state index contributed by atoms with van der Waals surface area (Å²) in [5, 5.41) is 3.05. The fraction of sp³-hybridized carbons (Fsp3) is 0.556. The van der Waals surface area contributed by atoms with Crippen LogP contribution >= 0.6 is 0 Å². The third-order valence-electron chi connectivity index (χ3n) is 4.84. The van der Waals surface area contributed by atoms with Gasteiger partial charge >= 0.3 is 6.03 Å². The van der Waals surface area contributed by atoms with Gasteiger partial charge in [0.2, 0.25) is 0 Å². The maximum Gasteiger partial charge on any atom is 0.318 e. The number of urea groups is 1. The molecule has 25 heavy (non-hydrogen) atoms. The van der Waals surface area contributed by atoms with Gasteiger partial charge in [0.05, 0.1) is 24.8 Å². The molecule has 1 atom stereocenters. The van der Waals surface area contributed by atoms with Gasteiger partial charge < -0.3 is 19.9 Å². The van der Waals surface area contributed by atoms with E-state index in [2.05, 4.69) is 5.32 Å². The smallest absolute Gasteiger partial charge is 0.318 e. The van der Waals surface area contributed by atoms with Gasteiger partial charge in [-0.25, -0.2) is 9.18 Å². The Labute approximate surface area is 146 Å². The monoisotopic (exact) mass is 349 g/mol. The fourth-order valence-corrected chi connectivity index (χ4v) is 3.32. The number of hydrogen-bond donors (Lipinski definition) is 1. The molecule has 2 aliphatic rings. The quantitative estimate of drug-likeness (QED) is 0.887. The van der Waals surface area contributed by atoms with Crippen LogP contribution in [0.4, 0.5) is 9.18 Å². The Balaban J connectivity index is 1.51. The van der Waals surface area contributed by atoms with Crippen molar-refractivity contribution in [3.63, 3.8) is 0 Å². The Kier molecular flexibility index (Phi) is 5.53. The van der Waals surface area contributed by atoms with Gasteiger partial charge in [0.1, 0.15) is 5.82 Å². The van der Waals surface area contributed by atoms with E-state index in [4.69, 9.17) is 4.74 Å². The lowest BCUT2D eigenvalue weighted by Gasteiger charge is -2.37. The van der Waals surface area contributed by atoms with Crippen molar-refractivity contribution in [1.82, 2.24) is 15.1 Å². The first-order valence-corrected chi connectivity index (χ1v) is 8.75. The van der Waals surface area contributed by atoms with Gasteiger partial charge in [-0.2, -0.15) is 0 Å². The highest BCUT2D eigenvalue weighted by molar-refractivity contribution is 5.94. The number of nitrogens with one attached hydrogen (secondary N) is 1. The first kappa shape index (κ1) is 17.7. The second kappa shape index (κ2) is 7.82. The first-order valence-electron chi connectivity index (χ1n) is 8.75. The van der Waals surface area contributed by atoms with Crippen molar-refractivity contribution in [3.05, 3.63) is 35.6 Å². The third-order valence-corrected chi connectivity index (χ3v) is 4.84. The van der Waals surface area contributed by atoms with Crippen LogP contribution in [0.25, 0.3) is 0 Å². The molecule has 0 aromatic heterocycles. The standard InChI is InChI=1S/C18H24FN3O3/c1-13-12-25-11-10-22(13)18(24)20-14-6-8-21(9-7-14)17(23)15-4-2-3-5-16(15)19/h2-5,13-14H,6-12H2,1H3,(H,20,24). The number of carbonyl (C=O) groups excluding carboxylic acids is 2. The molecule has 136 valence electrons. The molecule has 2 fully saturated rings. The molecule has 2 saturated heterocycles. The van der Waals surface area contributed by atoms with Crippen molar-refractivity contribution < 1.29 is 18.7 Å². The minimum absolute atomic E-state index is 0.0345. The van der Waals surface area contributed by atoms with Crippen LogP contribution in [0.3, 0.4) is 0 Å². The molecule has 1 unspecified atom stereocenters. The summed E-state index contributed by atoms with van der Waals surface area (Å²) in [4.78, 5) is 28.2. The molecule has 3 rings (SSSR count). The number of rotatable bonds is 2. The van der Waals surface area contributed by atoms with Gasteiger partial charge in [-0.15, -0.1) is 0 Å². The number of ether oxygens (including phenoxy) is 1. The molecular weight excluding hydrogens is 325 g/mol. The fourth-order valence-electron chi connectivity index (χ4n) is 3.32. The lowest BCUT2D eigenvalue weighted by molar-refractivity contribution is 0.0178. The van der Waals surface area contributed by atoms with Crippen molar-refractivity contribution in [2.24, 2.45) is 0 Å². The summed E-state index contributed by atoms with van der Waals surface area (Å²) in [6.07, 6.45) is 1.34. The number of likely N-dealkylation sites (tertiary alicyclic amines) is 1. The van der Waals surface area contributed by atoms with E-state index in [0.29, 0.717) is 45.7 Å². The van der Waals surface area contributed by atoms with Crippen molar-refractivity contribution in [2.75, 3.05) is 32.8 Å². The molecule has 0 spiro atoms. The summed E-state index contributed by atoms with van der Waals surface area (Å²) in [7, 11) is 0. The Hall–Kier alpha value is -2.15. The molecular formula is C18H24FN3O3. The summed E-state index contributed by atoms with van der Waals surface area (Å²) < 4.78 is 19.1. The predicted octanol–water partition coefficient (Wildman–Crippen LogP) is 1.86. The number of halogens is 1. The Morgan fingerprint density at radius 3 is 2.60 bits per heavy atom. The summed E-state index contributed by atoms with van der Waals surface area (Å²) in [5.74, 6) is -0.783. The molecule has 0 bridgehead atoms. The van der Waals surface area contributed by atoms with E-state index in [1.54, 1.807) is 21.9 Å². The zero-order valence-electron chi connectivity index (χ0n) is 14.4. The largest absolute Gasteiger partial charge is 0.377 e. The highest BCUT2D eigenvalue weighted by Gasteiger charge is 2.29. The molecule has 1 N–H and O–H groups in total. The van der Waals surface area contributed by atoms with E-state index in [9.17, 15) is 14.0 Å². The lowest BCUT2D eigenvalue weighted by Crippen LogP contribution is -2.55. The number of piperidine rings is 1. The summed E-state index contributed by atoms with van der Waals surface area (Å²) in [5.41, 5.74) is 0.104. The van der Waals surface area contributed by atoms with Gasteiger partial charge in [0.15, 0.2) is 0 Å². The molecule has 7 heteroatoms. The van der Waals surface area contributed by atoms with Gasteiger partial charge in [-0.3, -0.25) is 4.79 Å². The Morgan fingerprint density at radius 1 is 1.20 bits per heavy atom. The second-order valence-corrected chi connectivity index (χ2v) is 6.61. The maximum absolute atomic E-state index is 13.8. The Bertz CT molecular complexity index is 632. The molecule has 1 aromatic rings. The third kappa shape index (κ3) is 4.10. The molecule has 3 amide bonds. The first-order chi connectivity index (χ1) is 12.1. The molecule has 2 heterocycles. The van der Waals surface area contributed by atoms with E-state index in [-0.39, 0.29) is 29.6 Å². The number of hydrogen-bond acceptors (Lipinski definition) is 3. The average molecular weight is 349 g/mol. The predicted molar refractivity (Wildman–Crippen MR) is 90.8 cm³/mol. The zero-order valence-corrected chi connectivity index (χ0v) is 14.4. The SMILES string of the molecule is CC1COCCN1C(=O)NC1CCN(C(=O)c2ccccc2F)CC1. The normalized spacial score (nSPS) is 21.9. The molecule has 0 aliphatic carbocycles. The van der Waals surface area contributed by atoms with Gasteiger partial charge in [0, 0.05) is 25.7 Å². The zero-order chi connectivity index (χ0) is 17.8. The van der Waals surface area contributed by atoms with Crippen molar-refractivity contribution in [2.45, 2.75) is 31.8 Å². The van der Waals surface area contributed by atoms with Crippen molar-refractivity contribution in [1.29, 1.82) is 0 Å². The number of carbonyl (C=O) groups is 2. The van der Waals surface area contributed by atoms with Crippen molar-refractivity contribution in [3.8, 4) is 0 Å². The van der Waals surface area contributed by atoms with Gasteiger partial charge in [0.25, 0.3) is 5.91 Å². The molecule has 0 radical (unpaired) electrons. The molecule has 1 aromatic carbocycles.